The van der Waals surface area contributed by atoms with E-state index in [1.54, 1.807) is 0 Å². The Bertz CT molecular complexity index is 2790. The Morgan fingerprint density at radius 1 is 0.229 bits per heavy atom. The van der Waals surface area contributed by atoms with Crippen LogP contribution in [0.3, 0.4) is 0 Å². The fourth-order valence-corrected chi connectivity index (χ4v) is 11.7. The second kappa shape index (κ2) is 7.70. The van der Waals surface area contributed by atoms with Crippen LogP contribution >= 0.6 is 31.9 Å². The van der Waals surface area contributed by atoms with Gasteiger partial charge in [-0.25, -0.2) is 0 Å². The van der Waals surface area contributed by atoms with Crippen LogP contribution in [0.1, 0.15) is 22.3 Å². The van der Waals surface area contributed by atoms with Gasteiger partial charge in [-0.15, -0.1) is 0 Å². The second-order valence-electron chi connectivity index (χ2n) is 14.9. The molecule has 0 amide bonds. The molecule has 0 saturated heterocycles. The maximum atomic E-state index is 4.00. The number of benzene rings is 13. The van der Waals surface area contributed by atoms with Crippen molar-refractivity contribution < 1.29 is 0 Å². The molecular weight excluding hydrogens is 712 g/mol. The first kappa shape index (κ1) is 25.5. The first-order valence-corrected chi connectivity index (χ1v) is 18.4. The maximum Gasteiger partial charge on any atom is 0.0188 e. The summed E-state index contributed by atoms with van der Waals surface area (Å²) in [5.41, 5.74) is 5.24. The molecule has 0 spiro atoms. The SMILES string of the molecule is Cc1cc2c3cc(C)cc4c5cc(Br)cc6c7cc(C)cc8c9cc(C)cc%10c%11cc(Br)cc%12c(c1)c2c1c(c34)c(c56)c(c87)c(c9%10)c1c%12%11. The van der Waals surface area contributed by atoms with Gasteiger partial charge in [-0.3, -0.25) is 0 Å². The van der Waals surface area contributed by atoms with Gasteiger partial charge in [-0.2, -0.15) is 0 Å². The number of fused-ring (bicyclic) bond motifs is 6. The molecule has 0 radical (unpaired) electrons. The molecule has 0 aliphatic carbocycles. The predicted octanol–water partition coefficient (Wildman–Crippen LogP) is 14.9. The number of rotatable bonds is 0. The smallest absolute Gasteiger partial charge is 0.0188 e. The summed E-state index contributed by atoms with van der Waals surface area (Å²) in [5.74, 6) is 0. The van der Waals surface area contributed by atoms with E-state index in [9.17, 15) is 0 Å². The van der Waals surface area contributed by atoms with Crippen molar-refractivity contribution in [3.8, 4) is 0 Å². The summed E-state index contributed by atoms with van der Waals surface area (Å²) in [6.45, 7) is 9.09. The van der Waals surface area contributed by atoms with Crippen LogP contribution in [0.2, 0.25) is 0 Å². The number of hydrogen-bond acceptors (Lipinski definition) is 0. The molecular formula is C46H24Br2. The minimum atomic E-state index is 1.14. The van der Waals surface area contributed by atoms with Crippen LogP contribution < -0.4 is 0 Å². The Morgan fingerprint density at radius 2 is 0.375 bits per heavy atom. The third-order valence-corrected chi connectivity index (χ3v) is 13.0. The summed E-state index contributed by atoms with van der Waals surface area (Å²) in [4.78, 5) is 0. The molecule has 0 N–H and O–H groups in total. The van der Waals surface area contributed by atoms with E-state index in [0.29, 0.717) is 0 Å². The molecule has 0 unspecified atom stereocenters. The Kier molecular flexibility index (Phi) is 4.09. The van der Waals surface area contributed by atoms with E-state index in [1.807, 2.05) is 0 Å². The highest BCUT2D eigenvalue weighted by atomic mass is 79.9. The normalized spacial score (nSPS) is 13.6. The zero-order valence-corrected chi connectivity index (χ0v) is 29.9. The molecule has 2 heteroatoms. The van der Waals surface area contributed by atoms with Crippen LogP contribution in [0, 0.1) is 27.7 Å². The molecule has 13 aromatic rings. The van der Waals surface area contributed by atoms with Gasteiger partial charge in [-0.05, 0) is 203 Å². The molecule has 0 aliphatic rings. The standard InChI is InChI=1S/C46H24Br2/c1-17-5-23-24-6-18(2)10-28-33-15-22(48)16-34-30-12-20(4)8-26-25-7-19(3)11-29-32-14-21(47)13-31-27(9-17)35(23)41-42(36(24)28)46(40(33)34)44(38(26)30)43(37(25)29)45(41)39(31)32/h5-16H,1-4H3. The predicted molar refractivity (Wildman–Crippen MR) is 218 cm³/mol. The molecule has 13 aromatic carbocycles. The lowest BCUT2D eigenvalue weighted by molar-refractivity contribution is 1.52. The molecule has 0 heterocycles. The number of hydrogen-bond donors (Lipinski definition) is 0. The molecule has 0 fully saturated rings. The molecule has 0 saturated carbocycles. The Labute approximate surface area is 291 Å². The average molecular weight is 737 g/mol. The van der Waals surface area contributed by atoms with Gasteiger partial charge >= 0.3 is 0 Å². The van der Waals surface area contributed by atoms with Crippen LogP contribution in [-0.2, 0) is 0 Å². The second-order valence-corrected chi connectivity index (χ2v) is 16.8. The van der Waals surface area contributed by atoms with Crippen LogP contribution in [0.15, 0.2) is 81.7 Å². The fourth-order valence-electron chi connectivity index (χ4n) is 10.8. The average Bonchev–Trinajstić information content (AvgIpc) is 3.05. The van der Waals surface area contributed by atoms with Crippen molar-refractivity contribution in [1.82, 2.24) is 0 Å². The van der Waals surface area contributed by atoms with Gasteiger partial charge in [0, 0.05) is 8.95 Å². The maximum absolute atomic E-state index is 4.00. The van der Waals surface area contributed by atoms with Crippen molar-refractivity contribution in [2.24, 2.45) is 0 Å². The van der Waals surface area contributed by atoms with Crippen molar-refractivity contribution in [2.75, 3.05) is 0 Å². The van der Waals surface area contributed by atoms with Gasteiger partial charge in [0.2, 0.25) is 0 Å². The van der Waals surface area contributed by atoms with E-state index in [2.05, 4.69) is 132 Å². The largest absolute Gasteiger partial charge is 0.0508 e. The Balaban J connectivity index is 1.61. The summed E-state index contributed by atoms with van der Waals surface area (Å²) < 4.78 is 2.28. The molecule has 222 valence electrons. The lowest BCUT2D eigenvalue weighted by atomic mass is 9.73. The van der Waals surface area contributed by atoms with E-state index in [0.717, 1.165) is 8.95 Å². The Morgan fingerprint density at radius 3 is 0.542 bits per heavy atom. The summed E-state index contributed by atoms with van der Waals surface area (Å²) in [6, 6.07) is 29.2. The van der Waals surface area contributed by atoms with E-state index < -0.39 is 0 Å². The third kappa shape index (κ3) is 2.55. The number of aryl methyl sites for hydroxylation is 4. The highest BCUT2D eigenvalue weighted by molar-refractivity contribution is 9.10. The monoisotopic (exact) mass is 734 g/mol. The first-order valence-electron chi connectivity index (χ1n) is 16.8. The topological polar surface area (TPSA) is 0 Å². The van der Waals surface area contributed by atoms with Crippen molar-refractivity contribution in [2.45, 2.75) is 27.7 Å². The third-order valence-electron chi connectivity index (χ3n) is 12.1. The van der Waals surface area contributed by atoms with Gasteiger partial charge in [0.15, 0.2) is 0 Å². The molecule has 0 bridgehead atoms. The summed E-state index contributed by atoms with van der Waals surface area (Å²) in [7, 11) is 0. The van der Waals surface area contributed by atoms with Crippen LogP contribution in [-0.4, -0.2) is 0 Å². The molecule has 48 heavy (non-hydrogen) atoms. The van der Waals surface area contributed by atoms with E-state index in [-0.39, 0.29) is 0 Å². The highest BCUT2D eigenvalue weighted by Crippen LogP contribution is 2.60. The van der Waals surface area contributed by atoms with Gasteiger partial charge in [0.1, 0.15) is 0 Å². The van der Waals surface area contributed by atoms with Gasteiger partial charge in [-0.1, -0.05) is 80.4 Å². The van der Waals surface area contributed by atoms with E-state index in [4.69, 9.17) is 0 Å². The molecule has 0 aliphatic heterocycles. The zero-order valence-electron chi connectivity index (χ0n) is 26.7. The van der Waals surface area contributed by atoms with E-state index in [1.165, 1.54) is 152 Å². The summed E-state index contributed by atoms with van der Waals surface area (Å²) in [6.07, 6.45) is 0. The summed E-state index contributed by atoms with van der Waals surface area (Å²) in [5, 5.41) is 33.7. The van der Waals surface area contributed by atoms with Gasteiger partial charge in [0.25, 0.3) is 0 Å². The highest BCUT2D eigenvalue weighted by Gasteiger charge is 2.32. The molecule has 13 rings (SSSR count). The fraction of sp³-hybridized carbons (Fsp3) is 0.0870. The lowest BCUT2D eigenvalue weighted by Gasteiger charge is -2.29. The van der Waals surface area contributed by atoms with Crippen LogP contribution in [0.25, 0.3) is 129 Å². The Hall–Kier alpha value is -4.50. The van der Waals surface area contributed by atoms with Crippen molar-refractivity contribution in [3.63, 3.8) is 0 Å². The first-order chi connectivity index (χ1) is 23.3. The minimum Gasteiger partial charge on any atom is -0.0508 e. The quantitative estimate of drug-likeness (QED) is 0.107. The van der Waals surface area contributed by atoms with Crippen molar-refractivity contribution >= 4 is 161 Å². The van der Waals surface area contributed by atoms with Gasteiger partial charge in [0.05, 0.1) is 0 Å². The molecule has 0 nitrogen and oxygen atoms in total. The van der Waals surface area contributed by atoms with Gasteiger partial charge < -0.3 is 0 Å². The minimum absolute atomic E-state index is 1.14. The van der Waals surface area contributed by atoms with E-state index >= 15 is 0 Å². The molecule has 0 aromatic heterocycles. The zero-order chi connectivity index (χ0) is 31.8. The molecule has 0 atom stereocenters. The van der Waals surface area contributed by atoms with Crippen LogP contribution in [0.5, 0.6) is 0 Å². The van der Waals surface area contributed by atoms with Crippen molar-refractivity contribution in [1.29, 1.82) is 0 Å². The van der Waals surface area contributed by atoms with Crippen LogP contribution in [0.4, 0.5) is 0 Å². The number of halogens is 2. The lowest BCUT2D eigenvalue weighted by Crippen LogP contribution is -2.01. The summed E-state index contributed by atoms with van der Waals surface area (Å²) >= 11 is 8.01. The van der Waals surface area contributed by atoms with Crippen molar-refractivity contribution in [3.05, 3.63) is 104 Å².